The fourth-order valence-corrected chi connectivity index (χ4v) is 22.2. The number of nitrogens with zero attached hydrogens (tertiary/aromatic N) is 3. The lowest BCUT2D eigenvalue weighted by Gasteiger charge is -2.58. The molecule has 2 bridgehead atoms. The van der Waals surface area contributed by atoms with Crippen molar-refractivity contribution in [1.82, 2.24) is 9.13 Å². The van der Waals surface area contributed by atoms with Crippen molar-refractivity contribution in [2.24, 2.45) is 0 Å². The molecule has 117 heavy (non-hydrogen) atoms. The highest BCUT2D eigenvalue weighted by atomic mass is 15.1. The van der Waals surface area contributed by atoms with E-state index in [1.807, 2.05) is 0 Å². The van der Waals surface area contributed by atoms with Crippen LogP contribution in [0.5, 0.6) is 0 Å². The van der Waals surface area contributed by atoms with Gasteiger partial charge in [0.05, 0.1) is 22.1 Å². The van der Waals surface area contributed by atoms with Crippen LogP contribution < -0.4 is 4.90 Å². The molecule has 18 aromatic carbocycles. The van der Waals surface area contributed by atoms with Crippen molar-refractivity contribution < 1.29 is 0 Å². The predicted octanol–water partition coefficient (Wildman–Crippen LogP) is 29.2. The summed E-state index contributed by atoms with van der Waals surface area (Å²) in [5, 5.41) is 5.04. The van der Waals surface area contributed by atoms with Gasteiger partial charge in [-0.15, -0.1) is 0 Å². The molecular weight excluding hydrogens is 1410 g/mol. The highest BCUT2D eigenvalue weighted by Gasteiger charge is 2.70. The monoisotopic (exact) mass is 1490 g/mol. The second kappa shape index (κ2) is 25.4. The molecule has 0 aliphatic heterocycles. The van der Waals surface area contributed by atoms with Crippen LogP contribution in [0.1, 0.15) is 96.0 Å². The summed E-state index contributed by atoms with van der Waals surface area (Å²) in [5.41, 5.74) is 46.1. The van der Waals surface area contributed by atoms with Crippen molar-refractivity contribution in [2.45, 2.75) is 36.0 Å². The zero-order valence-corrected chi connectivity index (χ0v) is 64.4. The van der Waals surface area contributed by atoms with E-state index in [4.69, 9.17) is 0 Å². The predicted molar refractivity (Wildman–Crippen MR) is 485 cm³/mol. The van der Waals surface area contributed by atoms with Gasteiger partial charge in [0.15, 0.2) is 0 Å². The van der Waals surface area contributed by atoms with Crippen molar-refractivity contribution in [3.05, 3.63) is 485 Å². The van der Waals surface area contributed by atoms with Gasteiger partial charge >= 0.3 is 0 Å². The second-order valence-corrected chi connectivity index (χ2v) is 32.8. The number of aryl methyl sites for hydroxylation is 1. The minimum Gasteiger partial charge on any atom is -0.311 e. The summed E-state index contributed by atoms with van der Waals surface area (Å²) >= 11 is 0. The van der Waals surface area contributed by atoms with Crippen molar-refractivity contribution >= 4 is 60.7 Å². The molecule has 6 aliphatic rings. The standard InChI is InChI=1S/C114H75N3/c1-70-45-47-74(48-46-70)85-65-66-95(109-107-93-34-10-8-32-91(93)106(108(85)109)92-33-9-11-35-94(92)107)90-39-22-44-103-105(90)98-38-15-19-43-102(98)117(103)84-30-21-27-78(68-84)77-26-20-25-76(67-77)73-51-58-82(59-52-73)115(81-56-49-72(50-57-81)71-23-4-2-5-24-71)83-60-53-75(54-61-83)86-63-64-87(79-55-62-89-88-31-14-18-42-101(88)116(104(89)69-79)80-28-6-3-7-29-80)111-110(86)112-96-36-12-16-40-99(96)114(112)100-41-17-13-37-97(100)113(111)114/h2-69,106-107,112-113H,1H3. The Bertz CT molecular complexity index is 7460. The zero-order valence-electron chi connectivity index (χ0n) is 64.4. The van der Waals surface area contributed by atoms with Crippen LogP contribution in [0.4, 0.5) is 17.1 Å². The van der Waals surface area contributed by atoms with E-state index in [9.17, 15) is 0 Å². The van der Waals surface area contributed by atoms with Crippen LogP contribution in [0, 0.1) is 6.92 Å². The maximum absolute atomic E-state index is 2.50. The smallest absolute Gasteiger partial charge is 0.0547 e. The quantitative estimate of drug-likeness (QED) is 0.119. The van der Waals surface area contributed by atoms with Crippen molar-refractivity contribution in [3.8, 4) is 89.3 Å². The number of fused-ring (bicyclic) bond motifs is 13. The molecule has 3 unspecified atom stereocenters. The van der Waals surface area contributed by atoms with Gasteiger partial charge in [-0.3, -0.25) is 0 Å². The molecule has 0 saturated heterocycles. The Morgan fingerprint density at radius 3 is 1.22 bits per heavy atom. The van der Waals surface area contributed by atoms with Crippen LogP contribution in [0.25, 0.3) is 133 Å². The van der Waals surface area contributed by atoms with E-state index in [0.29, 0.717) is 0 Å². The number of rotatable bonds is 12. The molecule has 3 atom stereocenters. The third kappa shape index (κ3) is 9.51. The molecule has 26 rings (SSSR count). The minimum atomic E-state index is -0.131. The Labute approximate surface area is 680 Å². The van der Waals surface area contributed by atoms with Crippen LogP contribution in [0.15, 0.2) is 413 Å². The Kier molecular flexibility index (Phi) is 14.3. The van der Waals surface area contributed by atoms with Gasteiger partial charge in [-0.2, -0.15) is 0 Å². The first kappa shape index (κ1) is 65.9. The zero-order chi connectivity index (χ0) is 76.7. The topological polar surface area (TPSA) is 13.1 Å². The SMILES string of the molecule is Cc1ccc(-c2ccc(-c3cccc4c3c3ccccc3n4-c3cccc(-c4cccc(-c5ccc(N(c6ccc(-c7ccccc7)cc6)c6ccc(-c7ccc(-c8ccc9c%10ccccc%10n(-c%10ccccc%10)c9c8)c8c7C7c9ccccc9C79c7ccccc7C89)cc6)cc5)c4)c3)c3c2C2c4ccccc4C3c3ccccc32)cc1. The number of aromatic nitrogens is 2. The van der Waals surface area contributed by atoms with Crippen LogP contribution in [0.2, 0.25) is 0 Å². The fraction of sp³-hybridized carbons (Fsp3) is 0.0526. The van der Waals surface area contributed by atoms with Crippen molar-refractivity contribution in [1.29, 1.82) is 0 Å². The maximum atomic E-state index is 2.50. The Morgan fingerprint density at radius 2 is 0.615 bits per heavy atom. The minimum absolute atomic E-state index is 0.0917. The van der Waals surface area contributed by atoms with Gasteiger partial charge in [0.1, 0.15) is 0 Å². The molecule has 0 fully saturated rings. The summed E-state index contributed by atoms with van der Waals surface area (Å²) in [6.45, 7) is 2.18. The summed E-state index contributed by atoms with van der Waals surface area (Å²) in [6.07, 6.45) is 0. The van der Waals surface area contributed by atoms with E-state index in [-0.39, 0.29) is 29.1 Å². The van der Waals surface area contributed by atoms with Crippen LogP contribution >= 0.6 is 0 Å². The van der Waals surface area contributed by atoms with Gasteiger partial charge in [0.25, 0.3) is 0 Å². The first-order chi connectivity index (χ1) is 58.0. The lowest BCUT2D eigenvalue weighted by atomic mass is 9.43. The Balaban J connectivity index is 0.576. The molecular formula is C114H75N3. The third-order valence-electron chi connectivity index (χ3n) is 27.1. The third-order valence-corrected chi connectivity index (χ3v) is 27.1. The molecule has 2 heterocycles. The molecule has 6 aliphatic carbocycles. The van der Waals surface area contributed by atoms with E-state index in [1.54, 1.807) is 0 Å². The fourth-order valence-electron chi connectivity index (χ4n) is 22.2. The normalized spacial score (nSPS) is 16.6. The molecule has 3 heteroatoms. The molecule has 3 nitrogen and oxygen atoms in total. The van der Waals surface area contributed by atoms with Gasteiger partial charge in [0, 0.05) is 79.1 Å². The van der Waals surface area contributed by atoms with Crippen LogP contribution in [-0.4, -0.2) is 9.13 Å². The van der Waals surface area contributed by atoms with Crippen molar-refractivity contribution in [3.63, 3.8) is 0 Å². The molecule has 20 aromatic rings. The summed E-state index contributed by atoms with van der Waals surface area (Å²) in [5.74, 6) is 0.637. The van der Waals surface area contributed by atoms with Crippen LogP contribution in [-0.2, 0) is 5.41 Å². The molecule has 546 valence electrons. The van der Waals surface area contributed by atoms with E-state index < -0.39 is 0 Å². The molecule has 0 N–H and O–H groups in total. The van der Waals surface area contributed by atoms with Gasteiger partial charge < -0.3 is 14.0 Å². The molecule has 0 radical (unpaired) electrons. The summed E-state index contributed by atoms with van der Waals surface area (Å²) in [7, 11) is 0. The number of anilines is 3. The number of benzene rings is 18. The lowest BCUT2D eigenvalue weighted by molar-refractivity contribution is 0.333. The van der Waals surface area contributed by atoms with Gasteiger partial charge in [-0.1, -0.05) is 327 Å². The maximum Gasteiger partial charge on any atom is 0.0547 e. The summed E-state index contributed by atoms with van der Waals surface area (Å²) in [4.78, 5) is 2.42. The first-order valence-electron chi connectivity index (χ1n) is 41.2. The highest BCUT2D eigenvalue weighted by Crippen LogP contribution is 2.79. The second-order valence-electron chi connectivity index (χ2n) is 32.8. The number of para-hydroxylation sites is 3. The van der Waals surface area contributed by atoms with E-state index in [0.717, 1.165) is 50.7 Å². The number of hydrogen-bond donors (Lipinski definition) is 0. The molecule has 0 saturated carbocycles. The molecule has 0 amide bonds. The van der Waals surface area contributed by atoms with E-state index in [1.165, 1.54) is 172 Å². The van der Waals surface area contributed by atoms with E-state index >= 15 is 0 Å². The highest BCUT2D eigenvalue weighted by molar-refractivity contribution is 6.17. The summed E-state index contributed by atoms with van der Waals surface area (Å²) < 4.78 is 4.96. The number of hydrogen-bond acceptors (Lipinski definition) is 1. The Morgan fingerprint density at radius 1 is 0.231 bits per heavy atom. The first-order valence-corrected chi connectivity index (χ1v) is 41.2. The average Bonchev–Trinajstić information content (AvgIpc) is 1.47. The van der Waals surface area contributed by atoms with Crippen molar-refractivity contribution in [2.75, 3.05) is 4.90 Å². The molecule has 1 spiro atoms. The van der Waals surface area contributed by atoms with Gasteiger partial charge in [0.2, 0.25) is 0 Å². The van der Waals surface area contributed by atoms with E-state index in [2.05, 4.69) is 433 Å². The van der Waals surface area contributed by atoms with Crippen LogP contribution in [0.3, 0.4) is 0 Å². The largest absolute Gasteiger partial charge is 0.311 e. The molecule has 2 aromatic heterocycles. The summed E-state index contributed by atoms with van der Waals surface area (Å²) in [6, 6.07) is 156. The Hall–Kier alpha value is -14.6. The van der Waals surface area contributed by atoms with Gasteiger partial charge in [-0.05, 0) is 243 Å². The van der Waals surface area contributed by atoms with Gasteiger partial charge in [-0.25, -0.2) is 0 Å². The average molecular weight is 1490 g/mol. The lowest BCUT2D eigenvalue weighted by Crippen LogP contribution is -2.52.